The number of nitro groups is 1. The highest BCUT2D eigenvalue weighted by atomic mass is 32.2. The molecule has 4 rings (SSSR count). The van der Waals surface area contributed by atoms with Crippen LogP contribution in [0.3, 0.4) is 0 Å². The first-order chi connectivity index (χ1) is 15.4. The molecule has 164 valence electrons. The molecule has 4 aromatic rings. The largest absolute Gasteiger partial charge is 0.465 e. The fraction of sp³-hybridized carbons (Fsp3) is 0.227. The van der Waals surface area contributed by atoms with Gasteiger partial charge in [-0.25, -0.2) is 4.98 Å². The van der Waals surface area contributed by atoms with Crippen molar-refractivity contribution in [1.82, 2.24) is 9.55 Å². The molecule has 0 amide bonds. The number of thiophene rings is 1. The van der Waals surface area contributed by atoms with Crippen LogP contribution in [0.5, 0.6) is 0 Å². The Kier molecular flexibility index (Phi) is 6.24. The standard InChI is InChI=1S/C22H19N3O5S2/c1-3-30-18(26)12-31-22-23-19-16-10-15(25(28)29)8-9-17(16)32-20(19)21(27)24(22)11-14-6-4-13(2)5-7-14/h4-10H,3,11-12H2,1-2H3. The first kappa shape index (κ1) is 22.0. The van der Waals surface area contributed by atoms with Crippen LogP contribution in [0.2, 0.25) is 0 Å². The number of non-ortho nitro benzene ring substituents is 1. The Labute approximate surface area is 191 Å². The molecule has 0 saturated carbocycles. The normalized spacial score (nSPS) is 11.2. The van der Waals surface area contributed by atoms with Gasteiger partial charge in [-0.05, 0) is 25.5 Å². The average molecular weight is 470 g/mol. The first-order valence-electron chi connectivity index (χ1n) is 9.83. The molecule has 32 heavy (non-hydrogen) atoms. The van der Waals surface area contributed by atoms with Gasteiger partial charge < -0.3 is 4.74 Å². The molecule has 2 aromatic heterocycles. The summed E-state index contributed by atoms with van der Waals surface area (Å²) in [7, 11) is 0. The van der Waals surface area contributed by atoms with E-state index in [9.17, 15) is 19.7 Å². The number of nitrogens with zero attached hydrogens (tertiary/aromatic N) is 3. The van der Waals surface area contributed by atoms with Crippen molar-refractivity contribution in [2.24, 2.45) is 0 Å². The number of aryl methyl sites for hydroxylation is 1. The van der Waals surface area contributed by atoms with Crippen LogP contribution < -0.4 is 5.56 Å². The van der Waals surface area contributed by atoms with Gasteiger partial charge in [-0.15, -0.1) is 11.3 Å². The number of carbonyl (C=O) groups is 1. The van der Waals surface area contributed by atoms with E-state index in [1.165, 1.54) is 23.5 Å². The molecule has 0 N–H and O–H groups in total. The number of hydrogen-bond donors (Lipinski definition) is 0. The van der Waals surface area contributed by atoms with Crippen LogP contribution in [-0.4, -0.2) is 32.8 Å². The summed E-state index contributed by atoms with van der Waals surface area (Å²) in [5.41, 5.74) is 2.13. The third kappa shape index (κ3) is 4.37. The zero-order valence-electron chi connectivity index (χ0n) is 17.4. The van der Waals surface area contributed by atoms with E-state index in [1.54, 1.807) is 17.6 Å². The zero-order valence-corrected chi connectivity index (χ0v) is 19.0. The van der Waals surface area contributed by atoms with Gasteiger partial charge in [0.2, 0.25) is 0 Å². The van der Waals surface area contributed by atoms with Crippen LogP contribution in [0.25, 0.3) is 20.3 Å². The lowest BCUT2D eigenvalue weighted by atomic mass is 10.1. The van der Waals surface area contributed by atoms with Crippen molar-refractivity contribution in [3.63, 3.8) is 0 Å². The van der Waals surface area contributed by atoms with Gasteiger partial charge in [0.05, 0.1) is 29.3 Å². The van der Waals surface area contributed by atoms with Gasteiger partial charge in [0.1, 0.15) is 4.70 Å². The fourth-order valence-electron chi connectivity index (χ4n) is 3.26. The Morgan fingerprint density at radius 3 is 2.69 bits per heavy atom. The molecule has 0 fully saturated rings. The van der Waals surface area contributed by atoms with Crippen molar-refractivity contribution >= 4 is 55.1 Å². The average Bonchev–Trinajstić information content (AvgIpc) is 3.14. The summed E-state index contributed by atoms with van der Waals surface area (Å²) in [5, 5.41) is 12.1. The molecule has 10 heteroatoms. The predicted molar refractivity (Wildman–Crippen MR) is 126 cm³/mol. The van der Waals surface area contributed by atoms with Crippen LogP contribution in [-0.2, 0) is 16.1 Å². The molecule has 0 aliphatic rings. The van der Waals surface area contributed by atoms with Gasteiger partial charge in [-0.3, -0.25) is 24.3 Å². The van der Waals surface area contributed by atoms with Crippen molar-refractivity contribution in [3.8, 4) is 0 Å². The van der Waals surface area contributed by atoms with E-state index < -0.39 is 10.9 Å². The maximum absolute atomic E-state index is 13.4. The Morgan fingerprint density at radius 1 is 1.25 bits per heavy atom. The number of ether oxygens (including phenoxy) is 1. The van der Waals surface area contributed by atoms with E-state index >= 15 is 0 Å². The van der Waals surface area contributed by atoms with Crippen LogP contribution in [0.1, 0.15) is 18.1 Å². The fourth-order valence-corrected chi connectivity index (χ4v) is 5.12. The number of esters is 1. The molecule has 0 radical (unpaired) electrons. The van der Waals surface area contributed by atoms with Crippen molar-refractivity contribution in [2.75, 3.05) is 12.4 Å². The Balaban J connectivity index is 1.87. The van der Waals surface area contributed by atoms with Crippen LogP contribution in [0.4, 0.5) is 5.69 Å². The van der Waals surface area contributed by atoms with E-state index in [2.05, 4.69) is 4.98 Å². The maximum Gasteiger partial charge on any atom is 0.316 e. The van der Waals surface area contributed by atoms with Gasteiger partial charge in [-0.1, -0.05) is 41.6 Å². The molecule has 0 saturated heterocycles. The molecule has 0 spiro atoms. The monoisotopic (exact) mass is 469 g/mol. The number of nitro benzene ring substituents is 1. The van der Waals surface area contributed by atoms with Crippen molar-refractivity contribution in [2.45, 2.75) is 25.5 Å². The van der Waals surface area contributed by atoms with Gasteiger partial charge >= 0.3 is 5.97 Å². The highest BCUT2D eigenvalue weighted by Gasteiger charge is 2.19. The Morgan fingerprint density at radius 2 is 2.00 bits per heavy atom. The Bertz CT molecular complexity index is 1390. The summed E-state index contributed by atoms with van der Waals surface area (Å²) >= 11 is 2.37. The molecule has 2 aromatic carbocycles. The third-order valence-electron chi connectivity index (χ3n) is 4.82. The highest BCUT2D eigenvalue weighted by Crippen LogP contribution is 2.34. The number of rotatable bonds is 7. The summed E-state index contributed by atoms with van der Waals surface area (Å²) in [6.45, 7) is 4.27. The Hall–Kier alpha value is -3.24. The lowest BCUT2D eigenvalue weighted by Gasteiger charge is -2.12. The lowest BCUT2D eigenvalue weighted by molar-refractivity contribution is -0.384. The van der Waals surface area contributed by atoms with Crippen molar-refractivity contribution in [3.05, 3.63) is 74.1 Å². The summed E-state index contributed by atoms with van der Waals surface area (Å²) < 4.78 is 7.71. The van der Waals surface area contributed by atoms with E-state index in [-0.39, 0.29) is 23.6 Å². The second kappa shape index (κ2) is 9.09. The molecule has 0 bridgehead atoms. The topological polar surface area (TPSA) is 104 Å². The SMILES string of the molecule is CCOC(=O)CSc1nc2c(sc3ccc([N+](=O)[O-])cc32)c(=O)n1Cc1ccc(C)cc1. The minimum Gasteiger partial charge on any atom is -0.465 e. The van der Waals surface area contributed by atoms with Crippen LogP contribution >= 0.6 is 23.1 Å². The predicted octanol–water partition coefficient (Wildman–Crippen LogP) is 4.53. The maximum atomic E-state index is 13.4. The second-order valence-electron chi connectivity index (χ2n) is 7.08. The van der Waals surface area contributed by atoms with Gasteiger partial charge in [0.25, 0.3) is 11.2 Å². The molecular formula is C22H19N3O5S2. The number of hydrogen-bond acceptors (Lipinski definition) is 8. The summed E-state index contributed by atoms with van der Waals surface area (Å²) in [6.07, 6.45) is 0. The first-order valence-corrected chi connectivity index (χ1v) is 11.6. The van der Waals surface area contributed by atoms with E-state index in [0.717, 1.165) is 27.6 Å². The minimum atomic E-state index is -0.474. The zero-order chi connectivity index (χ0) is 22.8. The second-order valence-corrected chi connectivity index (χ2v) is 9.08. The number of thioether (sulfide) groups is 1. The van der Waals surface area contributed by atoms with Crippen LogP contribution in [0.15, 0.2) is 52.4 Å². The summed E-state index contributed by atoms with van der Waals surface area (Å²) in [6, 6.07) is 12.3. The van der Waals surface area contributed by atoms with E-state index in [4.69, 9.17) is 4.74 Å². The lowest BCUT2D eigenvalue weighted by Crippen LogP contribution is -2.23. The molecule has 0 aliphatic carbocycles. The van der Waals surface area contributed by atoms with Crippen LogP contribution in [0, 0.1) is 17.0 Å². The molecule has 2 heterocycles. The van der Waals surface area contributed by atoms with E-state index in [0.29, 0.717) is 27.3 Å². The summed E-state index contributed by atoms with van der Waals surface area (Å²) in [5.74, 6) is -0.401. The molecule has 0 unspecified atom stereocenters. The molecule has 8 nitrogen and oxygen atoms in total. The number of fused-ring (bicyclic) bond motifs is 3. The van der Waals surface area contributed by atoms with Gasteiger partial charge in [-0.2, -0.15) is 0 Å². The molecular weight excluding hydrogens is 450 g/mol. The van der Waals surface area contributed by atoms with Gasteiger partial charge in [0, 0.05) is 22.2 Å². The van der Waals surface area contributed by atoms with E-state index in [1.807, 2.05) is 31.2 Å². The van der Waals surface area contributed by atoms with Crippen molar-refractivity contribution < 1.29 is 14.5 Å². The highest BCUT2D eigenvalue weighted by molar-refractivity contribution is 7.99. The van der Waals surface area contributed by atoms with Crippen molar-refractivity contribution in [1.29, 1.82) is 0 Å². The minimum absolute atomic E-state index is 0.00189. The van der Waals surface area contributed by atoms with Gasteiger partial charge in [0.15, 0.2) is 5.16 Å². The molecule has 0 aliphatic heterocycles. The smallest absolute Gasteiger partial charge is 0.316 e. The number of aromatic nitrogens is 2. The molecule has 0 atom stereocenters. The third-order valence-corrected chi connectivity index (χ3v) is 6.92. The summed E-state index contributed by atoms with van der Waals surface area (Å²) in [4.78, 5) is 40.8. The quantitative estimate of drug-likeness (QED) is 0.129. The number of benzene rings is 2. The number of carbonyl (C=O) groups excluding carboxylic acids is 1.